The minimum atomic E-state index is -0.747. The Morgan fingerprint density at radius 2 is 2.38 bits per heavy atom. The van der Waals surface area contributed by atoms with E-state index >= 15 is 0 Å². The Hall–Kier alpha value is -0.910. The van der Waals surface area contributed by atoms with Crippen LogP contribution in [0, 0.1) is 0 Å². The van der Waals surface area contributed by atoms with E-state index in [-0.39, 0.29) is 12.1 Å². The molecule has 6 heteroatoms. The molecular weight excluding hydrogens is 308 g/mol. The SMILES string of the molecule is O=C(NC[C@]1(O)CCSC1)N[C@@H]1CCc2cc(Cl)ccc21. The molecule has 21 heavy (non-hydrogen) atoms. The van der Waals surface area contributed by atoms with Gasteiger partial charge in [0.2, 0.25) is 0 Å². The zero-order chi connectivity index (χ0) is 14.9. The number of carbonyl (C=O) groups excluding carboxylic acids is 1. The molecule has 0 spiro atoms. The van der Waals surface area contributed by atoms with Crippen LogP contribution in [-0.2, 0) is 6.42 Å². The van der Waals surface area contributed by atoms with Crippen LogP contribution in [0.25, 0.3) is 0 Å². The van der Waals surface area contributed by atoms with Gasteiger partial charge in [-0.3, -0.25) is 0 Å². The number of benzene rings is 1. The summed E-state index contributed by atoms with van der Waals surface area (Å²) in [6, 6.07) is 5.63. The molecule has 0 radical (unpaired) electrons. The van der Waals surface area contributed by atoms with Crippen LogP contribution in [0.15, 0.2) is 18.2 Å². The van der Waals surface area contributed by atoms with Crippen molar-refractivity contribution in [2.45, 2.75) is 30.9 Å². The lowest BCUT2D eigenvalue weighted by Crippen LogP contribution is -2.47. The number of aliphatic hydroxyl groups is 1. The van der Waals surface area contributed by atoms with E-state index in [9.17, 15) is 9.90 Å². The first kappa shape index (κ1) is 15.0. The number of hydrogen-bond acceptors (Lipinski definition) is 3. The third-order valence-electron chi connectivity index (χ3n) is 4.15. The molecule has 114 valence electrons. The number of amides is 2. The fourth-order valence-electron chi connectivity index (χ4n) is 2.93. The Kier molecular flexibility index (Phi) is 4.33. The quantitative estimate of drug-likeness (QED) is 0.799. The van der Waals surface area contributed by atoms with E-state index in [4.69, 9.17) is 11.6 Å². The molecule has 0 bridgehead atoms. The summed E-state index contributed by atoms with van der Waals surface area (Å²) < 4.78 is 0. The lowest BCUT2D eigenvalue weighted by molar-refractivity contribution is 0.0698. The van der Waals surface area contributed by atoms with Gasteiger partial charge in [0.05, 0.1) is 11.6 Å². The van der Waals surface area contributed by atoms with Crippen molar-refractivity contribution in [3.8, 4) is 0 Å². The lowest BCUT2D eigenvalue weighted by atomic mass is 10.0. The van der Waals surface area contributed by atoms with E-state index < -0.39 is 5.60 Å². The van der Waals surface area contributed by atoms with Crippen molar-refractivity contribution in [2.75, 3.05) is 18.1 Å². The molecule has 1 aliphatic heterocycles. The Morgan fingerprint density at radius 1 is 1.52 bits per heavy atom. The fraction of sp³-hybridized carbons (Fsp3) is 0.533. The third-order valence-corrected chi connectivity index (χ3v) is 5.62. The maximum atomic E-state index is 12.0. The number of urea groups is 1. The van der Waals surface area contributed by atoms with Crippen LogP contribution in [0.3, 0.4) is 0 Å². The van der Waals surface area contributed by atoms with Gasteiger partial charge < -0.3 is 15.7 Å². The van der Waals surface area contributed by atoms with Crippen LogP contribution in [-0.4, -0.2) is 34.8 Å². The first-order chi connectivity index (χ1) is 10.1. The van der Waals surface area contributed by atoms with Gasteiger partial charge in [-0.2, -0.15) is 11.8 Å². The molecule has 0 saturated carbocycles. The highest BCUT2D eigenvalue weighted by atomic mass is 35.5. The van der Waals surface area contributed by atoms with Crippen LogP contribution >= 0.6 is 23.4 Å². The maximum Gasteiger partial charge on any atom is 0.315 e. The second-order valence-corrected chi connectivity index (χ2v) is 7.33. The number of hydrogen-bond donors (Lipinski definition) is 3. The Morgan fingerprint density at radius 3 is 3.14 bits per heavy atom. The van der Waals surface area contributed by atoms with Crippen molar-refractivity contribution in [3.05, 3.63) is 34.3 Å². The highest BCUT2D eigenvalue weighted by Gasteiger charge is 2.32. The molecule has 2 atom stereocenters. The van der Waals surface area contributed by atoms with Gasteiger partial charge in [-0.15, -0.1) is 0 Å². The predicted molar refractivity (Wildman–Crippen MR) is 85.9 cm³/mol. The van der Waals surface area contributed by atoms with Gasteiger partial charge in [-0.25, -0.2) is 4.79 Å². The lowest BCUT2D eigenvalue weighted by Gasteiger charge is -2.22. The van der Waals surface area contributed by atoms with Gasteiger partial charge in [0, 0.05) is 17.3 Å². The first-order valence-corrected chi connectivity index (χ1v) is 8.72. The van der Waals surface area contributed by atoms with Crippen molar-refractivity contribution in [1.82, 2.24) is 10.6 Å². The van der Waals surface area contributed by atoms with Crippen LogP contribution in [0.4, 0.5) is 4.79 Å². The van der Waals surface area contributed by atoms with Gasteiger partial charge in [-0.05, 0) is 48.3 Å². The molecule has 1 aliphatic carbocycles. The maximum absolute atomic E-state index is 12.0. The van der Waals surface area contributed by atoms with E-state index in [1.165, 1.54) is 5.56 Å². The van der Waals surface area contributed by atoms with Crippen molar-refractivity contribution >= 4 is 29.4 Å². The summed E-state index contributed by atoms with van der Waals surface area (Å²) >= 11 is 7.71. The van der Waals surface area contributed by atoms with E-state index in [2.05, 4.69) is 10.6 Å². The zero-order valence-electron chi connectivity index (χ0n) is 11.7. The Bertz CT molecular complexity index is 546. The fourth-order valence-corrected chi connectivity index (χ4v) is 4.42. The molecule has 3 rings (SSSR count). The van der Waals surface area contributed by atoms with E-state index in [1.54, 1.807) is 11.8 Å². The molecule has 4 nitrogen and oxygen atoms in total. The predicted octanol–water partition coefficient (Wildman–Crippen LogP) is 2.49. The highest BCUT2D eigenvalue weighted by molar-refractivity contribution is 7.99. The molecule has 1 heterocycles. The average Bonchev–Trinajstić information content (AvgIpc) is 3.04. The molecule has 0 aromatic heterocycles. The van der Waals surface area contributed by atoms with Crippen molar-refractivity contribution in [2.24, 2.45) is 0 Å². The topological polar surface area (TPSA) is 61.4 Å². The summed E-state index contributed by atoms with van der Waals surface area (Å²) in [4.78, 5) is 12.0. The zero-order valence-corrected chi connectivity index (χ0v) is 13.3. The Balaban J connectivity index is 1.54. The Labute approximate surface area is 133 Å². The van der Waals surface area contributed by atoms with E-state index in [1.807, 2.05) is 18.2 Å². The summed E-state index contributed by atoms with van der Waals surface area (Å²) in [5.74, 6) is 1.65. The molecule has 1 aromatic rings. The van der Waals surface area contributed by atoms with Gasteiger partial charge in [0.1, 0.15) is 0 Å². The highest BCUT2D eigenvalue weighted by Crippen LogP contribution is 2.32. The molecule has 1 fully saturated rings. The number of fused-ring (bicyclic) bond motifs is 1. The monoisotopic (exact) mass is 326 g/mol. The van der Waals surface area contributed by atoms with E-state index in [0.717, 1.165) is 35.6 Å². The van der Waals surface area contributed by atoms with Crippen molar-refractivity contribution in [3.63, 3.8) is 0 Å². The molecule has 1 saturated heterocycles. The number of thioether (sulfide) groups is 1. The number of aryl methyl sites for hydroxylation is 1. The van der Waals surface area contributed by atoms with Crippen molar-refractivity contribution in [1.29, 1.82) is 0 Å². The number of nitrogens with one attached hydrogen (secondary N) is 2. The molecule has 3 N–H and O–H groups in total. The van der Waals surface area contributed by atoms with Crippen LogP contribution < -0.4 is 10.6 Å². The summed E-state index contributed by atoms with van der Waals surface area (Å²) in [6.07, 6.45) is 2.56. The van der Waals surface area contributed by atoms with Gasteiger partial charge in [0.15, 0.2) is 0 Å². The summed E-state index contributed by atoms with van der Waals surface area (Å²) in [7, 11) is 0. The second kappa shape index (κ2) is 6.07. The molecule has 0 unspecified atom stereocenters. The van der Waals surface area contributed by atoms with Crippen LogP contribution in [0.2, 0.25) is 5.02 Å². The average molecular weight is 327 g/mol. The minimum Gasteiger partial charge on any atom is -0.387 e. The normalized spacial score (nSPS) is 27.4. The number of carbonyl (C=O) groups is 1. The summed E-state index contributed by atoms with van der Waals surface area (Å²) in [6.45, 7) is 0.312. The molecular formula is C15H19ClN2O2S. The van der Waals surface area contributed by atoms with E-state index in [0.29, 0.717) is 12.3 Å². The number of halogens is 1. The van der Waals surface area contributed by atoms with Crippen LogP contribution in [0.1, 0.15) is 30.0 Å². The summed E-state index contributed by atoms with van der Waals surface area (Å²) in [5.41, 5.74) is 1.60. The molecule has 1 aromatic carbocycles. The first-order valence-electron chi connectivity index (χ1n) is 7.19. The largest absolute Gasteiger partial charge is 0.387 e. The van der Waals surface area contributed by atoms with Crippen molar-refractivity contribution < 1.29 is 9.90 Å². The van der Waals surface area contributed by atoms with Gasteiger partial charge in [-0.1, -0.05) is 17.7 Å². The van der Waals surface area contributed by atoms with Gasteiger partial charge >= 0.3 is 6.03 Å². The van der Waals surface area contributed by atoms with Crippen LogP contribution in [0.5, 0.6) is 0 Å². The molecule has 2 amide bonds. The minimum absolute atomic E-state index is 0.0323. The third kappa shape index (κ3) is 3.47. The standard InChI is InChI=1S/C15H19ClN2O2S/c16-11-2-3-12-10(7-11)1-4-13(12)18-14(19)17-8-15(20)5-6-21-9-15/h2-3,7,13,20H,1,4-6,8-9H2,(H2,17,18,19)/t13-,15-/m1/s1. The summed E-state index contributed by atoms with van der Waals surface area (Å²) in [5, 5.41) is 16.7. The smallest absolute Gasteiger partial charge is 0.315 e. The number of rotatable bonds is 3. The van der Waals surface area contributed by atoms with Gasteiger partial charge in [0.25, 0.3) is 0 Å². The second-order valence-electron chi connectivity index (χ2n) is 5.79. The molecule has 2 aliphatic rings.